The van der Waals surface area contributed by atoms with E-state index >= 15 is 0 Å². The predicted octanol–water partition coefficient (Wildman–Crippen LogP) is 2.39. The first-order valence-corrected chi connectivity index (χ1v) is 7.41. The molecule has 21 heavy (non-hydrogen) atoms. The van der Waals surface area contributed by atoms with Crippen LogP contribution in [0, 0.1) is 17.7 Å². The van der Waals surface area contributed by atoms with E-state index < -0.39 is 6.04 Å². The first kappa shape index (κ1) is 15.8. The molecule has 1 fully saturated rings. The van der Waals surface area contributed by atoms with Crippen LogP contribution in [0.3, 0.4) is 0 Å². The van der Waals surface area contributed by atoms with Gasteiger partial charge >= 0.3 is 0 Å². The highest BCUT2D eigenvalue weighted by molar-refractivity contribution is 5.79. The minimum Gasteiger partial charge on any atom is -0.496 e. The van der Waals surface area contributed by atoms with Gasteiger partial charge in [0.2, 0.25) is 5.91 Å². The maximum absolute atomic E-state index is 14.0. The first-order chi connectivity index (χ1) is 10.1. The molecule has 1 aromatic carbocycles. The molecule has 1 aliphatic rings. The van der Waals surface area contributed by atoms with Crippen LogP contribution in [0.15, 0.2) is 18.2 Å². The van der Waals surface area contributed by atoms with Crippen molar-refractivity contribution in [2.24, 2.45) is 17.6 Å². The molecule has 0 bridgehead atoms. The van der Waals surface area contributed by atoms with Crippen LogP contribution in [0.25, 0.3) is 0 Å². The molecule has 5 heteroatoms. The van der Waals surface area contributed by atoms with E-state index in [0.29, 0.717) is 17.9 Å². The van der Waals surface area contributed by atoms with E-state index in [0.717, 1.165) is 19.3 Å². The Bertz CT molecular complexity index is 507. The fourth-order valence-electron chi connectivity index (χ4n) is 3.17. The van der Waals surface area contributed by atoms with E-state index in [9.17, 15) is 9.18 Å². The summed E-state index contributed by atoms with van der Waals surface area (Å²) in [7, 11) is 1.49. The third-order valence-corrected chi connectivity index (χ3v) is 4.32. The van der Waals surface area contributed by atoms with E-state index in [-0.39, 0.29) is 23.6 Å². The second-order valence-corrected chi connectivity index (χ2v) is 5.62. The van der Waals surface area contributed by atoms with Crippen LogP contribution in [-0.2, 0) is 4.79 Å². The number of rotatable bonds is 5. The number of carbonyl (C=O) groups excluding carboxylic acids is 1. The summed E-state index contributed by atoms with van der Waals surface area (Å²) in [6, 6.07) is 4.22. The molecule has 3 atom stereocenters. The second kappa shape index (κ2) is 6.89. The van der Waals surface area contributed by atoms with Crippen LogP contribution in [0.1, 0.15) is 37.8 Å². The minimum absolute atomic E-state index is 0.0410. The van der Waals surface area contributed by atoms with Gasteiger partial charge in [-0.15, -0.1) is 0 Å². The highest BCUT2D eigenvalue weighted by Crippen LogP contribution is 2.33. The fourth-order valence-corrected chi connectivity index (χ4v) is 3.17. The fraction of sp³-hybridized carbons (Fsp3) is 0.562. The van der Waals surface area contributed by atoms with Crippen molar-refractivity contribution in [2.45, 2.75) is 32.2 Å². The summed E-state index contributed by atoms with van der Waals surface area (Å²) in [5.41, 5.74) is 6.10. The topological polar surface area (TPSA) is 64.3 Å². The molecule has 1 saturated carbocycles. The van der Waals surface area contributed by atoms with Gasteiger partial charge < -0.3 is 15.8 Å². The average molecular weight is 294 g/mol. The largest absolute Gasteiger partial charge is 0.496 e. The number of nitrogens with one attached hydrogen (secondary N) is 1. The number of nitrogens with two attached hydrogens (primary N) is 1. The third kappa shape index (κ3) is 3.35. The number of methoxy groups -OCH3 is 1. The Balaban J connectivity index is 2.11. The van der Waals surface area contributed by atoms with E-state index in [4.69, 9.17) is 10.5 Å². The summed E-state index contributed by atoms with van der Waals surface area (Å²) in [5, 5.41) is 2.90. The van der Waals surface area contributed by atoms with Crippen molar-refractivity contribution in [3.05, 3.63) is 29.6 Å². The van der Waals surface area contributed by atoms with Crippen LogP contribution in [0.4, 0.5) is 4.39 Å². The van der Waals surface area contributed by atoms with Crippen molar-refractivity contribution in [1.29, 1.82) is 0 Å². The minimum atomic E-state index is -0.437. The summed E-state index contributed by atoms with van der Waals surface area (Å²) >= 11 is 0. The molecule has 3 N–H and O–H groups in total. The van der Waals surface area contributed by atoms with Crippen molar-refractivity contribution in [2.75, 3.05) is 13.7 Å². The lowest BCUT2D eigenvalue weighted by molar-refractivity contribution is -0.126. The maximum atomic E-state index is 14.0. The molecule has 1 aliphatic carbocycles. The second-order valence-electron chi connectivity index (χ2n) is 5.62. The molecule has 0 saturated heterocycles. The van der Waals surface area contributed by atoms with Crippen molar-refractivity contribution >= 4 is 5.91 Å². The van der Waals surface area contributed by atoms with Gasteiger partial charge in [-0.25, -0.2) is 4.39 Å². The lowest BCUT2D eigenvalue weighted by Gasteiger charge is -2.22. The number of halogens is 1. The average Bonchev–Trinajstić information content (AvgIpc) is 2.95. The smallest absolute Gasteiger partial charge is 0.223 e. The van der Waals surface area contributed by atoms with Crippen molar-refractivity contribution in [3.63, 3.8) is 0 Å². The Morgan fingerprint density at radius 1 is 1.52 bits per heavy atom. The Labute approximate surface area is 124 Å². The number of amides is 1. The normalized spacial score (nSPS) is 22.9. The molecule has 0 heterocycles. The molecular formula is C16H23FN2O2. The van der Waals surface area contributed by atoms with Gasteiger partial charge in [0, 0.05) is 5.92 Å². The standard InChI is InChI=1S/C16H23FN2O2/c1-10(15-13(17)7-4-8-14(15)21-2)19-16(20)12-6-3-5-11(12)9-18/h4,7-8,10-12H,3,5-6,9,18H2,1-2H3,(H,19,20)/t10?,11-,12-/m1/s1. The Morgan fingerprint density at radius 2 is 2.29 bits per heavy atom. The summed E-state index contributed by atoms with van der Waals surface area (Å²) in [6.45, 7) is 2.29. The molecule has 0 aliphatic heterocycles. The van der Waals surface area contributed by atoms with Gasteiger partial charge in [0.1, 0.15) is 11.6 Å². The van der Waals surface area contributed by atoms with Gasteiger partial charge in [-0.1, -0.05) is 12.5 Å². The van der Waals surface area contributed by atoms with Crippen molar-refractivity contribution in [1.82, 2.24) is 5.32 Å². The Hall–Kier alpha value is -1.62. The van der Waals surface area contributed by atoms with Gasteiger partial charge in [-0.05, 0) is 44.4 Å². The SMILES string of the molecule is COc1cccc(F)c1C(C)NC(=O)[C@@H]1CCC[C@@H]1CN. The summed E-state index contributed by atoms with van der Waals surface area (Å²) in [6.07, 6.45) is 2.87. The van der Waals surface area contributed by atoms with E-state index in [1.807, 2.05) is 0 Å². The molecule has 4 nitrogen and oxygen atoms in total. The zero-order chi connectivity index (χ0) is 15.4. The lowest BCUT2D eigenvalue weighted by atomic mass is 9.94. The van der Waals surface area contributed by atoms with Crippen LogP contribution >= 0.6 is 0 Å². The number of carbonyl (C=O) groups is 1. The quantitative estimate of drug-likeness (QED) is 0.876. The van der Waals surface area contributed by atoms with Gasteiger partial charge in [-0.3, -0.25) is 4.79 Å². The molecule has 0 radical (unpaired) electrons. The van der Waals surface area contributed by atoms with E-state index in [2.05, 4.69) is 5.32 Å². The van der Waals surface area contributed by atoms with Crippen LogP contribution in [-0.4, -0.2) is 19.6 Å². The van der Waals surface area contributed by atoms with Gasteiger partial charge in [-0.2, -0.15) is 0 Å². The monoisotopic (exact) mass is 294 g/mol. The number of benzene rings is 1. The number of ether oxygens (including phenoxy) is 1. The summed E-state index contributed by atoms with van der Waals surface area (Å²) in [5.74, 6) is 0.212. The van der Waals surface area contributed by atoms with Gasteiger partial charge in [0.25, 0.3) is 0 Å². The lowest BCUT2D eigenvalue weighted by Crippen LogP contribution is -2.36. The van der Waals surface area contributed by atoms with Crippen LogP contribution in [0.5, 0.6) is 5.75 Å². The van der Waals surface area contributed by atoms with E-state index in [1.54, 1.807) is 19.1 Å². The Morgan fingerprint density at radius 3 is 2.95 bits per heavy atom. The summed E-state index contributed by atoms with van der Waals surface area (Å²) < 4.78 is 19.2. The van der Waals surface area contributed by atoms with Crippen LogP contribution in [0.2, 0.25) is 0 Å². The number of hydrogen-bond donors (Lipinski definition) is 2. The highest BCUT2D eigenvalue weighted by Gasteiger charge is 2.33. The predicted molar refractivity (Wildman–Crippen MR) is 79.4 cm³/mol. The molecule has 116 valence electrons. The zero-order valence-corrected chi connectivity index (χ0v) is 12.6. The zero-order valence-electron chi connectivity index (χ0n) is 12.6. The molecule has 1 unspecified atom stereocenters. The van der Waals surface area contributed by atoms with Gasteiger partial charge in [0.05, 0.1) is 18.7 Å². The molecule has 1 amide bonds. The third-order valence-electron chi connectivity index (χ3n) is 4.32. The Kier molecular flexibility index (Phi) is 5.17. The molecular weight excluding hydrogens is 271 g/mol. The first-order valence-electron chi connectivity index (χ1n) is 7.41. The van der Waals surface area contributed by atoms with E-state index in [1.165, 1.54) is 13.2 Å². The summed E-state index contributed by atoms with van der Waals surface area (Å²) in [4.78, 5) is 12.4. The van der Waals surface area contributed by atoms with Crippen LogP contribution < -0.4 is 15.8 Å². The highest BCUT2D eigenvalue weighted by atomic mass is 19.1. The molecule has 1 aromatic rings. The molecule has 0 spiro atoms. The van der Waals surface area contributed by atoms with Gasteiger partial charge in [0.15, 0.2) is 0 Å². The van der Waals surface area contributed by atoms with Crippen molar-refractivity contribution < 1.29 is 13.9 Å². The molecule has 2 rings (SSSR count). The van der Waals surface area contributed by atoms with Crippen molar-refractivity contribution in [3.8, 4) is 5.75 Å². The number of hydrogen-bond acceptors (Lipinski definition) is 3. The maximum Gasteiger partial charge on any atom is 0.223 e. The molecule has 0 aromatic heterocycles.